The maximum atomic E-state index is 12.1. The van der Waals surface area contributed by atoms with E-state index in [-0.39, 0.29) is 23.8 Å². The summed E-state index contributed by atoms with van der Waals surface area (Å²) in [4.78, 5) is 32.4. The molecule has 1 saturated heterocycles. The molecule has 2 amide bonds. The molecule has 0 spiro atoms. The van der Waals surface area contributed by atoms with E-state index in [9.17, 15) is 9.59 Å². The third-order valence-corrected chi connectivity index (χ3v) is 3.83. The second kappa shape index (κ2) is 6.64. The Labute approximate surface area is 129 Å². The van der Waals surface area contributed by atoms with Crippen LogP contribution in [-0.2, 0) is 0 Å². The molecule has 120 valence electrons. The van der Waals surface area contributed by atoms with Crippen LogP contribution in [0, 0.1) is 0 Å². The first kappa shape index (κ1) is 16.1. The quantitative estimate of drug-likeness (QED) is 0.833. The van der Waals surface area contributed by atoms with E-state index in [4.69, 9.17) is 0 Å². The summed E-state index contributed by atoms with van der Waals surface area (Å²) in [6.07, 6.45) is 3.06. The molecule has 1 aromatic rings. The molecule has 2 rings (SSSR count). The van der Waals surface area contributed by atoms with Gasteiger partial charge in [0.05, 0.1) is 5.69 Å². The number of imidazole rings is 1. The zero-order valence-electron chi connectivity index (χ0n) is 13.1. The average Bonchev–Trinajstić information content (AvgIpc) is 2.82. The summed E-state index contributed by atoms with van der Waals surface area (Å²) in [7, 11) is 0. The van der Waals surface area contributed by atoms with Gasteiger partial charge in [-0.05, 0) is 39.5 Å². The Hall–Kier alpha value is -2.31. The van der Waals surface area contributed by atoms with Gasteiger partial charge in [-0.15, -0.1) is 0 Å². The van der Waals surface area contributed by atoms with Crippen LogP contribution in [-0.4, -0.2) is 46.3 Å². The fraction of sp³-hybridized carbons (Fsp3) is 0.533. The lowest BCUT2D eigenvalue weighted by Gasteiger charge is -2.33. The maximum absolute atomic E-state index is 12.1. The Bertz CT molecular complexity index is 620. The van der Waals surface area contributed by atoms with Crippen LogP contribution in [0.15, 0.2) is 16.4 Å². The van der Waals surface area contributed by atoms with Crippen molar-refractivity contribution in [3.63, 3.8) is 0 Å². The molecule has 1 aromatic heterocycles. The second-order valence-electron chi connectivity index (χ2n) is 5.72. The Kier molecular flexibility index (Phi) is 4.85. The molecule has 1 aliphatic rings. The van der Waals surface area contributed by atoms with E-state index in [0.29, 0.717) is 24.6 Å². The fourth-order valence-electron chi connectivity index (χ4n) is 2.79. The molecule has 22 heavy (non-hydrogen) atoms. The fourth-order valence-corrected chi connectivity index (χ4v) is 2.79. The standard InChI is InChI=1S/C15H23N5O2/c1-5-12-13(16-4)18-15(22)20(12)11-6-8-19(9-7-11)14(21)17-10(2)3/h5,10-11H,1,4,6-9H2,2-3H3,(H,17,21)(H,18,22). The molecular formula is C15H23N5O2. The molecule has 0 aliphatic carbocycles. The molecule has 7 nitrogen and oxygen atoms in total. The van der Waals surface area contributed by atoms with Crippen molar-refractivity contribution in [1.29, 1.82) is 0 Å². The molecule has 0 radical (unpaired) electrons. The molecule has 0 aromatic carbocycles. The molecule has 2 heterocycles. The molecule has 0 unspecified atom stereocenters. The molecule has 0 saturated carbocycles. The predicted molar refractivity (Wildman–Crippen MR) is 87.9 cm³/mol. The summed E-state index contributed by atoms with van der Waals surface area (Å²) in [5.41, 5.74) is 0.451. The number of carbonyl (C=O) groups excluding carboxylic acids is 1. The second-order valence-corrected chi connectivity index (χ2v) is 5.72. The minimum absolute atomic E-state index is 0.0374. The van der Waals surface area contributed by atoms with Gasteiger partial charge in [-0.3, -0.25) is 9.55 Å². The average molecular weight is 305 g/mol. The van der Waals surface area contributed by atoms with E-state index in [2.05, 4.69) is 28.6 Å². The summed E-state index contributed by atoms with van der Waals surface area (Å²) in [5.74, 6) is 0.444. The number of nitrogens with one attached hydrogen (secondary N) is 2. The van der Waals surface area contributed by atoms with E-state index in [1.807, 2.05) is 13.8 Å². The van der Waals surface area contributed by atoms with E-state index in [0.717, 1.165) is 12.8 Å². The van der Waals surface area contributed by atoms with E-state index >= 15 is 0 Å². The van der Waals surface area contributed by atoms with E-state index < -0.39 is 0 Å². The lowest BCUT2D eigenvalue weighted by Crippen LogP contribution is -2.47. The minimum Gasteiger partial charge on any atom is -0.336 e. The normalized spacial score (nSPS) is 15.9. The monoisotopic (exact) mass is 305 g/mol. The van der Waals surface area contributed by atoms with Crippen LogP contribution < -0.4 is 11.0 Å². The summed E-state index contributed by atoms with van der Waals surface area (Å²) in [6.45, 7) is 12.3. The van der Waals surface area contributed by atoms with Crippen molar-refractivity contribution in [2.75, 3.05) is 13.1 Å². The molecule has 1 fully saturated rings. The van der Waals surface area contributed by atoms with E-state index in [1.54, 1.807) is 15.5 Å². The zero-order chi connectivity index (χ0) is 16.3. The summed E-state index contributed by atoms with van der Waals surface area (Å²) >= 11 is 0. The van der Waals surface area contributed by atoms with Gasteiger partial charge < -0.3 is 10.2 Å². The highest BCUT2D eigenvalue weighted by atomic mass is 16.2. The van der Waals surface area contributed by atoms with Crippen LogP contribution in [0.1, 0.15) is 38.4 Å². The highest BCUT2D eigenvalue weighted by Crippen LogP contribution is 2.26. The number of aromatic nitrogens is 2. The van der Waals surface area contributed by atoms with Crippen molar-refractivity contribution in [3.05, 3.63) is 22.8 Å². The van der Waals surface area contributed by atoms with Crippen molar-refractivity contribution in [1.82, 2.24) is 19.8 Å². The van der Waals surface area contributed by atoms with Crippen LogP contribution in [0.5, 0.6) is 0 Å². The van der Waals surface area contributed by atoms with Gasteiger partial charge in [-0.1, -0.05) is 6.58 Å². The van der Waals surface area contributed by atoms with Gasteiger partial charge in [0.2, 0.25) is 0 Å². The lowest BCUT2D eigenvalue weighted by atomic mass is 10.0. The third-order valence-electron chi connectivity index (χ3n) is 3.83. The molecule has 1 aliphatic heterocycles. The number of H-pyrrole nitrogens is 1. The minimum atomic E-state index is -0.206. The van der Waals surface area contributed by atoms with Gasteiger partial charge in [0, 0.05) is 25.2 Å². The lowest BCUT2D eigenvalue weighted by molar-refractivity contribution is 0.168. The number of amides is 2. The Morgan fingerprint density at radius 2 is 2.09 bits per heavy atom. The van der Waals surface area contributed by atoms with Crippen molar-refractivity contribution in [3.8, 4) is 0 Å². The van der Waals surface area contributed by atoms with Crippen LogP contribution in [0.4, 0.5) is 10.6 Å². The highest BCUT2D eigenvalue weighted by Gasteiger charge is 2.27. The number of nitrogens with zero attached hydrogens (tertiary/aromatic N) is 3. The number of rotatable bonds is 4. The SMILES string of the molecule is C=Cc1c(N=C)[nH]c(=O)n1C1CCN(C(=O)NC(C)C)CC1. The van der Waals surface area contributed by atoms with Crippen molar-refractivity contribution in [2.24, 2.45) is 4.99 Å². The van der Waals surface area contributed by atoms with Gasteiger partial charge in [0.25, 0.3) is 0 Å². The number of aliphatic imine (C=N–C) groups is 1. The zero-order valence-corrected chi connectivity index (χ0v) is 13.1. The molecule has 2 N–H and O–H groups in total. The van der Waals surface area contributed by atoms with Gasteiger partial charge in [-0.2, -0.15) is 0 Å². The molecule has 0 atom stereocenters. The topological polar surface area (TPSA) is 82.5 Å². The van der Waals surface area contributed by atoms with Gasteiger partial charge >= 0.3 is 11.7 Å². The molecular weight excluding hydrogens is 282 g/mol. The first-order valence-corrected chi connectivity index (χ1v) is 7.47. The summed E-state index contributed by atoms with van der Waals surface area (Å²) in [6, 6.07) is 0.105. The number of hydrogen-bond donors (Lipinski definition) is 2. The van der Waals surface area contributed by atoms with Crippen molar-refractivity contribution < 1.29 is 4.79 Å². The molecule has 7 heteroatoms. The largest absolute Gasteiger partial charge is 0.336 e. The summed E-state index contributed by atoms with van der Waals surface area (Å²) < 4.78 is 1.68. The summed E-state index contributed by atoms with van der Waals surface area (Å²) in [5, 5.41) is 2.89. The Morgan fingerprint density at radius 1 is 1.45 bits per heavy atom. The van der Waals surface area contributed by atoms with Crippen molar-refractivity contribution in [2.45, 2.75) is 38.8 Å². The predicted octanol–water partition coefficient (Wildman–Crippen LogP) is 1.91. The number of carbonyl (C=O) groups is 1. The van der Waals surface area contributed by atoms with Crippen LogP contribution in [0.25, 0.3) is 6.08 Å². The number of aromatic amines is 1. The van der Waals surface area contributed by atoms with Crippen LogP contribution in [0.2, 0.25) is 0 Å². The van der Waals surface area contributed by atoms with Gasteiger partial charge in [0.15, 0.2) is 5.82 Å². The van der Waals surface area contributed by atoms with Crippen LogP contribution >= 0.6 is 0 Å². The van der Waals surface area contributed by atoms with E-state index in [1.165, 1.54) is 0 Å². The molecule has 0 bridgehead atoms. The van der Waals surface area contributed by atoms with Gasteiger partial charge in [0.1, 0.15) is 0 Å². The van der Waals surface area contributed by atoms with Crippen LogP contribution in [0.3, 0.4) is 0 Å². The number of hydrogen-bond acceptors (Lipinski definition) is 3. The third kappa shape index (κ3) is 3.13. The number of urea groups is 1. The first-order chi connectivity index (χ1) is 10.5. The maximum Gasteiger partial charge on any atom is 0.327 e. The number of piperidine rings is 1. The highest BCUT2D eigenvalue weighted by molar-refractivity contribution is 5.74. The van der Waals surface area contributed by atoms with Gasteiger partial charge in [-0.25, -0.2) is 14.6 Å². The van der Waals surface area contributed by atoms with Crippen molar-refractivity contribution >= 4 is 24.6 Å². The smallest absolute Gasteiger partial charge is 0.327 e. The number of likely N-dealkylation sites (tertiary alicyclic amines) is 1. The first-order valence-electron chi connectivity index (χ1n) is 7.47. The Morgan fingerprint density at radius 3 is 2.59 bits per heavy atom. The Balaban J connectivity index is 2.11.